The monoisotopic (exact) mass is 275 g/mol. The van der Waals surface area contributed by atoms with E-state index in [0.717, 1.165) is 18.7 Å². The van der Waals surface area contributed by atoms with Crippen LogP contribution >= 0.6 is 11.3 Å². The number of benzene rings is 1. The van der Waals surface area contributed by atoms with Gasteiger partial charge in [0.25, 0.3) is 0 Å². The Kier molecular flexibility index (Phi) is 5.00. The maximum atomic E-state index is 5.28. The molecule has 1 aromatic carbocycles. The average Bonchev–Trinajstić information content (AvgIpc) is 2.91. The van der Waals surface area contributed by atoms with Gasteiger partial charge in [0.2, 0.25) is 0 Å². The van der Waals surface area contributed by atoms with E-state index < -0.39 is 0 Å². The predicted molar refractivity (Wildman–Crippen MR) is 82.2 cm³/mol. The standard InChI is InChI=1S/C16H21NOS/c1-4-17-16(11-14-6-5-9-19-14)15-8-7-13(18-3)10-12(15)2/h5-10,16-17H,4,11H2,1-3H3. The number of ether oxygens (including phenoxy) is 1. The van der Waals surface area contributed by atoms with Crippen LogP contribution in [-0.4, -0.2) is 13.7 Å². The van der Waals surface area contributed by atoms with E-state index in [1.807, 2.05) is 17.4 Å². The third-order valence-electron chi connectivity index (χ3n) is 3.29. The molecule has 0 aliphatic heterocycles. The largest absolute Gasteiger partial charge is 0.497 e. The zero-order chi connectivity index (χ0) is 13.7. The Morgan fingerprint density at radius 2 is 2.16 bits per heavy atom. The maximum Gasteiger partial charge on any atom is 0.119 e. The van der Waals surface area contributed by atoms with Gasteiger partial charge in [-0.2, -0.15) is 0 Å². The van der Waals surface area contributed by atoms with Gasteiger partial charge in [0.15, 0.2) is 0 Å². The van der Waals surface area contributed by atoms with Crippen LogP contribution in [0.5, 0.6) is 5.75 Å². The number of likely N-dealkylation sites (N-methyl/N-ethyl adjacent to an activating group) is 1. The maximum absolute atomic E-state index is 5.28. The highest BCUT2D eigenvalue weighted by molar-refractivity contribution is 7.09. The Morgan fingerprint density at radius 1 is 1.32 bits per heavy atom. The molecule has 1 heterocycles. The predicted octanol–water partition coefficient (Wildman–Crippen LogP) is 3.96. The Bertz CT molecular complexity index is 507. The molecule has 2 rings (SSSR count). The lowest BCUT2D eigenvalue weighted by Gasteiger charge is -2.20. The van der Waals surface area contributed by atoms with E-state index in [4.69, 9.17) is 4.74 Å². The second kappa shape index (κ2) is 6.73. The number of nitrogens with one attached hydrogen (secondary N) is 1. The van der Waals surface area contributed by atoms with Crippen molar-refractivity contribution < 1.29 is 4.74 Å². The van der Waals surface area contributed by atoms with Crippen LogP contribution in [0.2, 0.25) is 0 Å². The summed E-state index contributed by atoms with van der Waals surface area (Å²) < 4.78 is 5.28. The first kappa shape index (κ1) is 14.1. The van der Waals surface area contributed by atoms with Gasteiger partial charge in [-0.05, 0) is 48.2 Å². The summed E-state index contributed by atoms with van der Waals surface area (Å²) in [6, 6.07) is 11.0. The fourth-order valence-electron chi connectivity index (χ4n) is 2.33. The van der Waals surface area contributed by atoms with Gasteiger partial charge in [-0.1, -0.05) is 19.1 Å². The lowest BCUT2D eigenvalue weighted by molar-refractivity contribution is 0.414. The minimum absolute atomic E-state index is 0.370. The molecule has 0 radical (unpaired) electrons. The van der Waals surface area contributed by atoms with Gasteiger partial charge in [-0.25, -0.2) is 0 Å². The van der Waals surface area contributed by atoms with Gasteiger partial charge in [-0.15, -0.1) is 11.3 Å². The summed E-state index contributed by atoms with van der Waals surface area (Å²) in [6.07, 6.45) is 1.04. The van der Waals surface area contributed by atoms with Crippen molar-refractivity contribution in [1.82, 2.24) is 5.32 Å². The topological polar surface area (TPSA) is 21.3 Å². The summed E-state index contributed by atoms with van der Waals surface area (Å²) in [4.78, 5) is 1.42. The molecule has 19 heavy (non-hydrogen) atoms. The van der Waals surface area contributed by atoms with Crippen LogP contribution in [-0.2, 0) is 6.42 Å². The van der Waals surface area contributed by atoms with Gasteiger partial charge in [0.05, 0.1) is 7.11 Å². The zero-order valence-electron chi connectivity index (χ0n) is 11.8. The molecular formula is C16H21NOS. The molecule has 1 N–H and O–H groups in total. The molecule has 2 aromatic rings. The first-order valence-electron chi connectivity index (χ1n) is 6.65. The fraction of sp³-hybridized carbons (Fsp3) is 0.375. The van der Waals surface area contributed by atoms with Gasteiger partial charge in [-0.3, -0.25) is 0 Å². The highest BCUT2D eigenvalue weighted by atomic mass is 32.1. The molecule has 0 aliphatic carbocycles. The van der Waals surface area contributed by atoms with E-state index in [9.17, 15) is 0 Å². The lowest BCUT2D eigenvalue weighted by Crippen LogP contribution is -2.23. The highest BCUT2D eigenvalue weighted by Gasteiger charge is 2.14. The molecule has 0 amide bonds. The van der Waals surface area contributed by atoms with E-state index in [-0.39, 0.29) is 0 Å². The summed E-state index contributed by atoms with van der Waals surface area (Å²) in [5.74, 6) is 0.924. The molecular weight excluding hydrogens is 254 g/mol. The van der Waals surface area contributed by atoms with Crippen LogP contribution in [0.15, 0.2) is 35.7 Å². The van der Waals surface area contributed by atoms with Crippen molar-refractivity contribution in [3.8, 4) is 5.75 Å². The summed E-state index contributed by atoms with van der Waals surface area (Å²) in [7, 11) is 1.71. The van der Waals surface area contributed by atoms with E-state index in [1.54, 1.807) is 7.11 Å². The van der Waals surface area contributed by atoms with Gasteiger partial charge in [0.1, 0.15) is 5.75 Å². The first-order valence-corrected chi connectivity index (χ1v) is 7.53. The van der Waals surface area contributed by atoms with E-state index in [2.05, 4.69) is 48.8 Å². The number of thiophene rings is 1. The second-order valence-electron chi connectivity index (χ2n) is 4.62. The minimum atomic E-state index is 0.370. The lowest BCUT2D eigenvalue weighted by atomic mass is 9.98. The molecule has 0 aliphatic rings. The van der Waals surface area contributed by atoms with Crippen molar-refractivity contribution in [2.24, 2.45) is 0 Å². The van der Waals surface area contributed by atoms with Crippen LogP contribution in [0.4, 0.5) is 0 Å². The van der Waals surface area contributed by atoms with Crippen LogP contribution in [0.3, 0.4) is 0 Å². The number of hydrogen-bond acceptors (Lipinski definition) is 3. The Hall–Kier alpha value is -1.32. The molecule has 2 nitrogen and oxygen atoms in total. The number of rotatable bonds is 6. The molecule has 3 heteroatoms. The van der Waals surface area contributed by atoms with Crippen LogP contribution in [0, 0.1) is 6.92 Å². The summed E-state index contributed by atoms with van der Waals surface area (Å²) in [5.41, 5.74) is 2.64. The smallest absolute Gasteiger partial charge is 0.119 e. The van der Waals surface area contributed by atoms with Crippen molar-refractivity contribution >= 4 is 11.3 Å². The molecule has 1 aromatic heterocycles. The van der Waals surface area contributed by atoms with Gasteiger partial charge in [0, 0.05) is 17.3 Å². The van der Waals surface area contributed by atoms with Gasteiger partial charge < -0.3 is 10.1 Å². The number of hydrogen-bond donors (Lipinski definition) is 1. The molecule has 1 unspecified atom stereocenters. The van der Waals surface area contributed by atoms with Crippen LogP contribution in [0.25, 0.3) is 0 Å². The van der Waals surface area contributed by atoms with E-state index >= 15 is 0 Å². The first-order chi connectivity index (χ1) is 9.24. The Morgan fingerprint density at radius 3 is 2.74 bits per heavy atom. The highest BCUT2D eigenvalue weighted by Crippen LogP contribution is 2.26. The molecule has 0 saturated carbocycles. The summed E-state index contributed by atoms with van der Waals surface area (Å²) in [6.45, 7) is 5.28. The van der Waals surface area contributed by atoms with Crippen molar-refractivity contribution in [3.05, 3.63) is 51.7 Å². The van der Waals surface area contributed by atoms with Gasteiger partial charge >= 0.3 is 0 Å². The third kappa shape index (κ3) is 3.58. The molecule has 0 spiro atoms. The normalized spacial score (nSPS) is 12.4. The molecule has 0 fully saturated rings. The molecule has 1 atom stereocenters. The van der Waals surface area contributed by atoms with Crippen molar-refractivity contribution in [3.63, 3.8) is 0 Å². The third-order valence-corrected chi connectivity index (χ3v) is 4.19. The van der Waals surface area contributed by atoms with Crippen molar-refractivity contribution in [2.45, 2.75) is 26.3 Å². The Labute approximate surface area is 119 Å². The number of aryl methyl sites for hydroxylation is 1. The van der Waals surface area contributed by atoms with Crippen molar-refractivity contribution in [2.75, 3.05) is 13.7 Å². The van der Waals surface area contributed by atoms with Crippen LogP contribution < -0.4 is 10.1 Å². The quantitative estimate of drug-likeness (QED) is 0.861. The zero-order valence-corrected chi connectivity index (χ0v) is 12.6. The van der Waals surface area contributed by atoms with E-state index in [0.29, 0.717) is 6.04 Å². The number of methoxy groups -OCH3 is 1. The second-order valence-corrected chi connectivity index (χ2v) is 5.65. The van der Waals surface area contributed by atoms with Crippen molar-refractivity contribution in [1.29, 1.82) is 0 Å². The fourth-order valence-corrected chi connectivity index (χ4v) is 3.09. The van der Waals surface area contributed by atoms with Crippen LogP contribution in [0.1, 0.15) is 29.0 Å². The SMILES string of the molecule is CCNC(Cc1cccs1)c1ccc(OC)cc1C. The summed E-state index contributed by atoms with van der Waals surface area (Å²) in [5, 5.41) is 5.72. The average molecular weight is 275 g/mol. The minimum Gasteiger partial charge on any atom is -0.497 e. The summed E-state index contributed by atoms with van der Waals surface area (Å²) >= 11 is 1.82. The van der Waals surface area contributed by atoms with E-state index in [1.165, 1.54) is 16.0 Å². The Balaban J connectivity index is 2.23. The molecule has 0 saturated heterocycles. The molecule has 0 bridgehead atoms. The molecule has 102 valence electrons.